The Morgan fingerprint density at radius 3 is 2.35 bits per heavy atom. The second kappa shape index (κ2) is 9.22. The number of nitrogens with zero attached hydrogens (tertiary/aromatic N) is 2. The maximum atomic E-state index is 13.0. The summed E-state index contributed by atoms with van der Waals surface area (Å²) in [5.74, 6) is -1.74. The van der Waals surface area contributed by atoms with E-state index in [-0.39, 0.29) is 24.5 Å². The van der Waals surface area contributed by atoms with Gasteiger partial charge in [-0.3, -0.25) is 18.7 Å². The van der Waals surface area contributed by atoms with Crippen LogP contribution in [-0.2, 0) is 17.8 Å². The molecule has 0 unspecified atom stereocenters. The maximum absolute atomic E-state index is 13.0. The smallest absolute Gasteiger partial charge is 0.341 e. The number of carbonyl (C=O) groups excluding carboxylic acids is 2. The van der Waals surface area contributed by atoms with Crippen LogP contribution in [0.2, 0.25) is 0 Å². The van der Waals surface area contributed by atoms with Gasteiger partial charge in [0.1, 0.15) is 11.4 Å². The molecule has 0 aliphatic heterocycles. The van der Waals surface area contributed by atoms with Crippen LogP contribution in [0.3, 0.4) is 0 Å². The van der Waals surface area contributed by atoms with Crippen LogP contribution >= 0.6 is 0 Å². The van der Waals surface area contributed by atoms with Crippen molar-refractivity contribution in [3.05, 3.63) is 97.8 Å². The number of ketones is 1. The summed E-state index contributed by atoms with van der Waals surface area (Å²) in [4.78, 5) is 54.6. The van der Waals surface area contributed by atoms with E-state index in [9.17, 15) is 19.2 Å². The molecule has 0 atom stereocenters. The standard InChI is InChI=1S/C25H24N4O5/c1-3-28-23(31)21(22(26)29(25(28)33)13-16-9-5-4-6-10-16)19(30)14-34-24(32)20-15(2)27-18-12-8-7-11-17(18)20/h4-12,27H,3,13-14,26H2,1-2H3. The van der Waals surface area contributed by atoms with Crippen LogP contribution in [0.25, 0.3) is 10.9 Å². The lowest BCUT2D eigenvalue weighted by molar-refractivity contribution is 0.0475. The molecular formula is C25H24N4O5. The minimum absolute atomic E-state index is 0.0569. The second-order valence-electron chi connectivity index (χ2n) is 7.83. The third kappa shape index (κ3) is 4.03. The highest BCUT2D eigenvalue weighted by Crippen LogP contribution is 2.22. The van der Waals surface area contributed by atoms with E-state index < -0.39 is 29.6 Å². The SMILES string of the molecule is CCn1c(=O)c(C(=O)COC(=O)c2c(C)[nH]c3ccccc23)c(N)n(Cc2ccccc2)c1=O. The number of aryl methyl sites for hydroxylation is 1. The van der Waals surface area contributed by atoms with Crippen molar-refractivity contribution in [3.8, 4) is 0 Å². The first kappa shape index (κ1) is 22.8. The van der Waals surface area contributed by atoms with Gasteiger partial charge in [-0.1, -0.05) is 48.5 Å². The van der Waals surface area contributed by atoms with E-state index in [2.05, 4.69) is 4.98 Å². The molecule has 9 nitrogen and oxygen atoms in total. The highest BCUT2D eigenvalue weighted by atomic mass is 16.5. The number of benzene rings is 2. The fraction of sp³-hybridized carbons (Fsp3) is 0.200. The molecular weight excluding hydrogens is 436 g/mol. The second-order valence-corrected chi connectivity index (χ2v) is 7.83. The van der Waals surface area contributed by atoms with Gasteiger partial charge in [-0.2, -0.15) is 0 Å². The van der Waals surface area contributed by atoms with Crippen molar-refractivity contribution in [1.29, 1.82) is 0 Å². The zero-order chi connectivity index (χ0) is 24.4. The van der Waals surface area contributed by atoms with Gasteiger partial charge < -0.3 is 15.5 Å². The Bertz CT molecular complexity index is 1510. The molecule has 2 aromatic heterocycles. The molecule has 174 valence electrons. The maximum Gasteiger partial charge on any atom is 0.341 e. The first-order chi connectivity index (χ1) is 16.3. The number of ether oxygens (including phenoxy) is 1. The molecule has 4 rings (SSSR count). The van der Waals surface area contributed by atoms with Crippen molar-refractivity contribution in [2.75, 3.05) is 12.3 Å². The van der Waals surface area contributed by atoms with E-state index in [4.69, 9.17) is 10.5 Å². The Kier molecular flexibility index (Phi) is 6.18. The average molecular weight is 460 g/mol. The molecule has 0 fully saturated rings. The first-order valence-electron chi connectivity index (χ1n) is 10.8. The summed E-state index contributed by atoms with van der Waals surface area (Å²) in [6.45, 7) is 2.81. The van der Waals surface area contributed by atoms with Crippen molar-refractivity contribution in [2.45, 2.75) is 26.9 Å². The third-order valence-corrected chi connectivity index (χ3v) is 5.68. The molecule has 0 aliphatic rings. The van der Waals surface area contributed by atoms with E-state index in [0.29, 0.717) is 16.6 Å². The molecule has 0 bridgehead atoms. The summed E-state index contributed by atoms with van der Waals surface area (Å²) in [5, 5.41) is 0.668. The number of hydrogen-bond donors (Lipinski definition) is 2. The van der Waals surface area contributed by atoms with Crippen LogP contribution in [0.5, 0.6) is 0 Å². The summed E-state index contributed by atoms with van der Waals surface area (Å²) in [5.41, 5.74) is 6.80. The number of hydrogen-bond acceptors (Lipinski definition) is 6. The largest absolute Gasteiger partial charge is 0.454 e. The minimum atomic E-state index is -0.807. The van der Waals surface area contributed by atoms with Crippen LogP contribution in [0.15, 0.2) is 64.2 Å². The van der Waals surface area contributed by atoms with Gasteiger partial charge in [0.15, 0.2) is 6.61 Å². The minimum Gasteiger partial charge on any atom is -0.454 e. The Morgan fingerprint density at radius 1 is 0.971 bits per heavy atom. The topological polar surface area (TPSA) is 129 Å². The van der Waals surface area contributed by atoms with E-state index in [0.717, 1.165) is 15.6 Å². The van der Waals surface area contributed by atoms with Crippen LogP contribution in [0.4, 0.5) is 5.82 Å². The van der Waals surface area contributed by atoms with Crippen LogP contribution in [0.1, 0.15) is 38.9 Å². The lowest BCUT2D eigenvalue weighted by Crippen LogP contribution is -2.44. The predicted octanol–water partition coefficient (Wildman–Crippen LogP) is 2.49. The van der Waals surface area contributed by atoms with Crippen molar-refractivity contribution < 1.29 is 14.3 Å². The Balaban J connectivity index is 1.65. The molecule has 0 spiro atoms. The van der Waals surface area contributed by atoms with Gasteiger partial charge in [0, 0.05) is 23.1 Å². The number of rotatable bonds is 7. The average Bonchev–Trinajstić information content (AvgIpc) is 3.17. The number of fused-ring (bicyclic) bond motifs is 1. The predicted molar refractivity (Wildman–Crippen MR) is 128 cm³/mol. The number of nitrogen functional groups attached to an aromatic ring is 1. The molecule has 34 heavy (non-hydrogen) atoms. The fourth-order valence-electron chi connectivity index (χ4n) is 3.99. The highest BCUT2D eigenvalue weighted by molar-refractivity contribution is 6.07. The summed E-state index contributed by atoms with van der Waals surface area (Å²) in [7, 11) is 0. The number of carbonyl (C=O) groups is 2. The van der Waals surface area contributed by atoms with Gasteiger partial charge >= 0.3 is 11.7 Å². The van der Waals surface area contributed by atoms with Crippen molar-refractivity contribution >= 4 is 28.5 Å². The van der Waals surface area contributed by atoms with Gasteiger partial charge in [0.05, 0.1) is 12.1 Å². The number of nitrogens with two attached hydrogens (primary N) is 1. The summed E-state index contributed by atoms with van der Waals surface area (Å²) >= 11 is 0. The molecule has 0 amide bonds. The number of Topliss-reactive ketones (excluding diaryl/α,β-unsaturated/α-hetero) is 1. The monoisotopic (exact) mass is 460 g/mol. The molecule has 0 radical (unpaired) electrons. The van der Waals surface area contributed by atoms with Crippen LogP contribution < -0.4 is 17.0 Å². The highest BCUT2D eigenvalue weighted by Gasteiger charge is 2.25. The fourth-order valence-corrected chi connectivity index (χ4v) is 3.99. The van der Waals surface area contributed by atoms with Gasteiger partial charge in [0.2, 0.25) is 5.78 Å². The normalized spacial score (nSPS) is 11.0. The van der Waals surface area contributed by atoms with E-state index >= 15 is 0 Å². The summed E-state index contributed by atoms with van der Waals surface area (Å²) in [6, 6.07) is 16.3. The van der Waals surface area contributed by atoms with Gasteiger partial charge in [-0.05, 0) is 25.5 Å². The molecule has 0 aliphatic carbocycles. The van der Waals surface area contributed by atoms with Crippen molar-refractivity contribution in [1.82, 2.24) is 14.1 Å². The van der Waals surface area contributed by atoms with Crippen LogP contribution in [0, 0.1) is 6.92 Å². The number of esters is 1. The Labute approximate surface area is 194 Å². The summed E-state index contributed by atoms with van der Waals surface area (Å²) in [6.07, 6.45) is 0. The number of aromatic nitrogens is 3. The third-order valence-electron chi connectivity index (χ3n) is 5.68. The molecule has 4 aromatic rings. The van der Waals surface area contributed by atoms with Crippen molar-refractivity contribution in [2.24, 2.45) is 0 Å². The van der Waals surface area contributed by atoms with E-state index in [1.807, 2.05) is 30.3 Å². The number of aromatic amines is 1. The molecule has 3 N–H and O–H groups in total. The number of nitrogens with one attached hydrogen (secondary N) is 1. The molecule has 2 aromatic carbocycles. The Morgan fingerprint density at radius 2 is 1.65 bits per heavy atom. The van der Waals surface area contributed by atoms with Crippen LogP contribution in [-0.4, -0.2) is 32.5 Å². The number of H-pyrrole nitrogens is 1. The molecule has 0 saturated heterocycles. The van der Waals surface area contributed by atoms with E-state index in [1.165, 1.54) is 4.57 Å². The zero-order valence-corrected chi connectivity index (χ0v) is 18.8. The van der Waals surface area contributed by atoms with Gasteiger partial charge in [0.25, 0.3) is 5.56 Å². The first-order valence-corrected chi connectivity index (χ1v) is 10.8. The molecule has 9 heteroatoms. The van der Waals surface area contributed by atoms with Gasteiger partial charge in [-0.15, -0.1) is 0 Å². The quantitative estimate of drug-likeness (QED) is 0.322. The molecule has 0 saturated carbocycles. The zero-order valence-electron chi connectivity index (χ0n) is 18.8. The number of para-hydroxylation sites is 1. The van der Waals surface area contributed by atoms with E-state index in [1.54, 1.807) is 38.1 Å². The van der Waals surface area contributed by atoms with Crippen molar-refractivity contribution in [3.63, 3.8) is 0 Å². The lowest BCUT2D eigenvalue weighted by Gasteiger charge is -2.16. The lowest BCUT2D eigenvalue weighted by atomic mass is 10.1. The molecule has 2 heterocycles. The Hall–Kier alpha value is -4.40. The van der Waals surface area contributed by atoms with Gasteiger partial charge in [-0.25, -0.2) is 9.59 Å². The number of anilines is 1. The summed E-state index contributed by atoms with van der Waals surface area (Å²) < 4.78 is 7.39.